The Labute approximate surface area is 166 Å². The standard InChI is InChI=1S/C22H29N3OS/c1-17-24-20(16-27-17)22(19-7-3-2-4-8-19)10-14-25(15-11-22)21(26)18-6-5-12-23-13-9-18/h2-4,7-8,16,18,23H,5-6,9-15H2,1H3. The van der Waals surface area contributed by atoms with Gasteiger partial charge in [0, 0.05) is 29.8 Å². The third-order valence-electron chi connectivity index (χ3n) is 6.29. The average Bonchev–Trinajstić information content (AvgIpc) is 2.98. The van der Waals surface area contributed by atoms with Gasteiger partial charge in [0.1, 0.15) is 0 Å². The molecule has 1 amide bonds. The fraction of sp³-hybridized carbons (Fsp3) is 0.545. The molecule has 2 aromatic rings. The van der Waals surface area contributed by atoms with Gasteiger partial charge >= 0.3 is 0 Å². The van der Waals surface area contributed by atoms with E-state index in [0.717, 1.165) is 63.3 Å². The number of carbonyl (C=O) groups is 1. The lowest BCUT2D eigenvalue weighted by atomic mass is 9.70. The van der Waals surface area contributed by atoms with Crippen LogP contribution in [0.15, 0.2) is 35.7 Å². The molecule has 1 aromatic carbocycles. The number of hydrogen-bond donors (Lipinski definition) is 1. The highest BCUT2D eigenvalue weighted by molar-refractivity contribution is 7.09. The van der Waals surface area contributed by atoms with Gasteiger partial charge in [-0.15, -0.1) is 11.3 Å². The molecule has 27 heavy (non-hydrogen) atoms. The van der Waals surface area contributed by atoms with Crippen LogP contribution in [0.5, 0.6) is 0 Å². The van der Waals surface area contributed by atoms with E-state index in [1.54, 1.807) is 11.3 Å². The minimum atomic E-state index is -0.0617. The molecular formula is C22H29N3OS. The summed E-state index contributed by atoms with van der Waals surface area (Å²) in [7, 11) is 0. The van der Waals surface area contributed by atoms with Gasteiger partial charge in [0.15, 0.2) is 0 Å². The maximum atomic E-state index is 13.1. The van der Waals surface area contributed by atoms with Gasteiger partial charge in [0.25, 0.3) is 0 Å². The topological polar surface area (TPSA) is 45.2 Å². The molecule has 2 saturated heterocycles. The summed E-state index contributed by atoms with van der Waals surface area (Å²) in [6.45, 7) is 5.74. The van der Waals surface area contributed by atoms with Gasteiger partial charge in [0.05, 0.1) is 10.7 Å². The smallest absolute Gasteiger partial charge is 0.225 e. The minimum absolute atomic E-state index is 0.0617. The second kappa shape index (κ2) is 8.11. The van der Waals surface area contributed by atoms with Crippen molar-refractivity contribution in [1.29, 1.82) is 0 Å². The molecule has 0 aliphatic carbocycles. The lowest BCUT2D eigenvalue weighted by molar-refractivity contribution is -0.137. The van der Waals surface area contributed by atoms with E-state index in [2.05, 4.69) is 52.9 Å². The Morgan fingerprint density at radius 1 is 1.19 bits per heavy atom. The number of piperidine rings is 1. The molecule has 0 radical (unpaired) electrons. The number of rotatable bonds is 3. The Morgan fingerprint density at radius 2 is 1.96 bits per heavy atom. The Balaban J connectivity index is 1.54. The second-order valence-electron chi connectivity index (χ2n) is 7.90. The van der Waals surface area contributed by atoms with Gasteiger partial charge in [0.2, 0.25) is 5.91 Å². The van der Waals surface area contributed by atoms with Gasteiger partial charge < -0.3 is 10.2 Å². The molecule has 4 nitrogen and oxygen atoms in total. The monoisotopic (exact) mass is 383 g/mol. The Hall–Kier alpha value is -1.72. The van der Waals surface area contributed by atoms with Crippen molar-refractivity contribution in [3.63, 3.8) is 0 Å². The SMILES string of the molecule is Cc1nc(C2(c3ccccc3)CCN(C(=O)C3CCCNCC3)CC2)cs1. The van der Waals surface area contributed by atoms with Crippen molar-refractivity contribution in [2.45, 2.75) is 44.4 Å². The van der Waals surface area contributed by atoms with E-state index in [-0.39, 0.29) is 11.3 Å². The number of likely N-dealkylation sites (tertiary alicyclic amines) is 1. The zero-order chi connectivity index (χ0) is 18.7. The van der Waals surface area contributed by atoms with Crippen LogP contribution in [0.4, 0.5) is 0 Å². The second-order valence-corrected chi connectivity index (χ2v) is 8.97. The van der Waals surface area contributed by atoms with Crippen molar-refractivity contribution in [2.24, 2.45) is 5.92 Å². The van der Waals surface area contributed by atoms with Crippen LogP contribution >= 0.6 is 11.3 Å². The summed E-state index contributed by atoms with van der Waals surface area (Å²) >= 11 is 1.72. The first-order valence-electron chi connectivity index (χ1n) is 10.2. The number of amides is 1. The van der Waals surface area contributed by atoms with Crippen LogP contribution in [0.1, 0.15) is 48.4 Å². The van der Waals surface area contributed by atoms with Gasteiger partial charge in [-0.2, -0.15) is 0 Å². The molecule has 2 fully saturated rings. The first-order chi connectivity index (χ1) is 13.2. The van der Waals surface area contributed by atoms with Crippen molar-refractivity contribution >= 4 is 17.2 Å². The largest absolute Gasteiger partial charge is 0.342 e. The van der Waals surface area contributed by atoms with E-state index in [0.29, 0.717) is 5.91 Å². The molecule has 1 atom stereocenters. The number of nitrogens with zero attached hydrogens (tertiary/aromatic N) is 2. The van der Waals surface area contributed by atoms with Crippen LogP contribution in [-0.2, 0) is 10.2 Å². The van der Waals surface area contributed by atoms with Crippen LogP contribution < -0.4 is 5.32 Å². The zero-order valence-electron chi connectivity index (χ0n) is 16.1. The summed E-state index contributed by atoms with van der Waals surface area (Å²) in [5.74, 6) is 0.570. The van der Waals surface area contributed by atoms with E-state index in [1.807, 2.05) is 0 Å². The molecule has 1 N–H and O–H groups in total. The number of aromatic nitrogens is 1. The van der Waals surface area contributed by atoms with Crippen LogP contribution in [0.3, 0.4) is 0 Å². The summed E-state index contributed by atoms with van der Waals surface area (Å²) in [5, 5.41) is 6.75. The summed E-state index contributed by atoms with van der Waals surface area (Å²) in [5.41, 5.74) is 2.45. The summed E-state index contributed by atoms with van der Waals surface area (Å²) in [4.78, 5) is 20.1. The van der Waals surface area contributed by atoms with Gasteiger partial charge in [-0.25, -0.2) is 4.98 Å². The van der Waals surface area contributed by atoms with E-state index < -0.39 is 0 Å². The molecule has 1 aromatic heterocycles. The first kappa shape index (κ1) is 18.6. The highest BCUT2D eigenvalue weighted by Gasteiger charge is 2.41. The molecule has 0 saturated carbocycles. The van der Waals surface area contributed by atoms with E-state index in [9.17, 15) is 4.79 Å². The number of benzene rings is 1. The van der Waals surface area contributed by atoms with Crippen molar-refractivity contribution in [3.8, 4) is 0 Å². The molecule has 0 bridgehead atoms. The van der Waals surface area contributed by atoms with Gasteiger partial charge in [-0.3, -0.25) is 4.79 Å². The number of aryl methyl sites for hydroxylation is 1. The summed E-state index contributed by atoms with van der Waals surface area (Å²) in [6.07, 6.45) is 5.02. The lowest BCUT2D eigenvalue weighted by Gasteiger charge is -2.42. The van der Waals surface area contributed by atoms with Crippen molar-refractivity contribution in [1.82, 2.24) is 15.2 Å². The van der Waals surface area contributed by atoms with Crippen LogP contribution in [0.25, 0.3) is 0 Å². The molecule has 2 aliphatic rings. The third kappa shape index (κ3) is 3.81. The van der Waals surface area contributed by atoms with Gasteiger partial charge in [-0.1, -0.05) is 30.3 Å². The Kier molecular flexibility index (Phi) is 5.60. The number of carbonyl (C=O) groups excluding carboxylic acids is 1. The lowest BCUT2D eigenvalue weighted by Crippen LogP contribution is -2.47. The van der Waals surface area contributed by atoms with Crippen molar-refractivity contribution < 1.29 is 4.79 Å². The maximum absolute atomic E-state index is 13.1. The van der Waals surface area contributed by atoms with Gasteiger partial charge in [-0.05, 0) is 57.7 Å². The highest BCUT2D eigenvalue weighted by Crippen LogP contribution is 2.42. The molecule has 1 unspecified atom stereocenters. The molecule has 144 valence electrons. The highest BCUT2D eigenvalue weighted by atomic mass is 32.1. The fourth-order valence-electron chi connectivity index (χ4n) is 4.67. The zero-order valence-corrected chi connectivity index (χ0v) is 16.9. The summed E-state index contributed by atoms with van der Waals surface area (Å²) < 4.78 is 0. The number of nitrogens with one attached hydrogen (secondary N) is 1. The first-order valence-corrected chi connectivity index (χ1v) is 11.0. The Morgan fingerprint density at radius 3 is 2.67 bits per heavy atom. The van der Waals surface area contributed by atoms with Crippen LogP contribution in [-0.4, -0.2) is 42.0 Å². The van der Waals surface area contributed by atoms with E-state index in [1.165, 1.54) is 11.3 Å². The quantitative estimate of drug-likeness (QED) is 0.878. The van der Waals surface area contributed by atoms with Crippen molar-refractivity contribution in [3.05, 3.63) is 52.0 Å². The van der Waals surface area contributed by atoms with E-state index >= 15 is 0 Å². The fourth-order valence-corrected chi connectivity index (χ4v) is 5.38. The molecule has 5 heteroatoms. The Bertz CT molecular complexity index is 757. The predicted octanol–water partition coefficient (Wildman–Crippen LogP) is 3.75. The summed E-state index contributed by atoms with van der Waals surface area (Å²) in [6, 6.07) is 10.8. The molecule has 0 spiro atoms. The molecular weight excluding hydrogens is 354 g/mol. The van der Waals surface area contributed by atoms with Crippen LogP contribution in [0.2, 0.25) is 0 Å². The molecule has 3 heterocycles. The average molecular weight is 384 g/mol. The number of hydrogen-bond acceptors (Lipinski definition) is 4. The third-order valence-corrected chi connectivity index (χ3v) is 7.06. The van der Waals surface area contributed by atoms with E-state index in [4.69, 9.17) is 4.98 Å². The predicted molar refractivity (Wildman–Crippen MR) is 110 cm³/mol. The minimum Gasteiger partial charge on any atom is -0.342 e. The van der Waals surface area contributed by atoms with Crippen molar-refractivity contribution in [2.75, 3.05) is 26.2 Å². The molecule has 2 aliphatic heterocycles. The normalized spacial score (nSPS) is 23.0. The maximum Gasteiger partial charge on any atom is 0.225 e. The van der Waals surface area contributed by atoms with Crippen LogP contribution in [0, 0.1) is 12.8 Å². The molecule has 4 rings (SSSR count). The number of thiazole rings is 1.